The number of urea groups is 1. The molecule has 0 saturated carbocycles. The van der Waals surface area contributed by atoms with E-state index in [2.05, 4.69) is 17.6 Å². The molecule has 116 valence electrons. The van der Waals surface area contributed by atoms with E-state index >= 15 is 0 Å². The molecule has 5 heteroatoms. The van der Waals surface area contributed by atoms with Gasteiger partial charge in [-0.1, -0.05) is 31.2 Å². The summed E-state index contributed by atoms with van der Waals surface area (Å²) in [7, 11) is 0. The van der Waals surface area contributed by atoms with Crippen molar-refractivity contribution in [3.8, 4) is 0 Å². The molecule has 0 bridgehead atoms. The normalized spacial score (nSPS) is 19.2. The standard InChI is InChI=1S/C16H24N2O2S/c1-2-12-5-7-13(8-6-12)15(11-19)18-16(20)17-10-14-4-3-9-21-14/h5-8,14-15,19H,2-4,9-11H2,1H3,(H2,17,18,20). The molecule has 1 saturated heterocycles. The summed E-state index contributed by atoms with van der Waals surface area (Å²) in [4.78, 5) is 11.9. The molecule has 0 radical (unpaired) electrons. The minimum Gasteiger partial charge on any atom is -0.394 e. The Hall–Kier alpha value is -1.20. The number of thioether (sulfide) groups is 1. The number of aliphatic hydroxyl groups excluding tert-OH is 1. The van der Waals surface area contributed by atoms with Crippen molar-refractivity contribution in [1.82, 2.24) is 10.6 Å². The maximum absolute atomic E-state index is 11.9. The van der Waals surface area contributed by atoms with Crippen LogP contribution in [0.25, 0.3) is 0 Å². The van der Waals surface area contributed by atoms with E-state index < -0.39 is 0 Å². The Morgan fingerprint density at radius 3 is 2.76 bits per heavy atom. The molecule has 0 spiro atoms. The van der Waals surface area contributed by atoms with Crippen molar-refractivity contribution in [3.63, 3.8) is 0 Å². The Kier molecular flexibility index (Phi) is 6.39. The molecule has 2 amide bonds. The van der Waals surface area contributed by atoms with Crippen LogP contribution in [0.5, 0.6) is 0 Å². The second kappa shape index (κ2) is 8.29. The van der Waals surface area contributed by atoms with E-state index in [1.54, 1.807) is 0 Å². The largest absolute Gasteiger partial charge is 0.394 e. The Balaban J connectivity index is 1.83. The van der Waals surface area contributed by atoms with Crippen molar-refractivity contribution in [2.75, 3.05) is 18.9 Å². The molecule has 1 aliphatic heterocycles. The second-order valence-electron chi connectivity index (χ2n) is 5.32. The third kappa shape index (κ3) is 4.93. The van der Waals surface area contributed by atoms with E-state index in [9.17, 15) is 9.90 Å². The van der Waals surface area contributed by atoms with Crippen molar-refractivity contribution in [1.29, 1.82) is 0 Å². The van der Waals surface area contributed by atoms with E-state index in [1.165, 1.54) is 24.2 Å². The lowest BCUT2D eigenvalue weighted by molar-refractivity contribution is 0.217. The first-order chi connectivity index (χ1) is 10.2. The van der Waals surface area contributed by atoms with Crippen LogP contribution >= 0.6 is 11.8 Å². The average Bonchev–Trinajstić information content (AvgIpc) is 3.04. The monoisotopic (exact) mass is 308 g/mol. The first-order valence-electron chi connectivity index (χ1n) is 7.58. The Morgan fingerprint density at radius 2 is 2.19 bits per heavy atom. The molecule has 1 heterocycles. The summed E-state index contributed by atoms with van der Waals surface area (Å²) in [6.45, 7) is 2.70. The number of hydrogen-bond acceptors (Lipinski definition) is 3. The molecule has 2 rings (SSSR count). The summed E-state index contributed by atoms with van der Waals surface area (Å²) in [5.74, 6) is 1.19. The highest BCUT2D eigenvalue weighted by atomic mass is 32.2. The third-order valence-corrected chi connectivity index (χ3v) is 5.19. The number of carbonyl (C=O) groups is 1. The van der Waals surface area contributed by atoms with E-state index in [1.807, 2.05) is 36.0 Å². The van der Waals surface area contributed by atoms with Gasteiger partial charge < -0.3 is 15.7 Å². The number of aryl methyl sites for hydroxylation is 1. The smallest absolute Gasteiger partial charge is 0.315 e. The van der Waals surface area contributed by atoms with Gasteiger partial charge in [-0.05, 0) is 36.1 Å². The number of benzene rings is 1. The second-order valence-corrected chi connectivity index (χ2v) is 6.73. The molecule has 1 fully saturated rings. The zero-order valence-electron chi connectivity index (χ0n) is 12.5. The summed E-state index contributed by atoms with van der Waals surface area (Å²) >= 11 is 1.92. The van der Waals surface area contributed by atoms with Crippen molar-refractivity contribution in [3.05, 3.63) is 35.4 Å². The molecule has 2 atom stereocenters. The van der Waals surface area contributed by atoms with Crippen LogP contribution in [-0.4, -0.2) is 35.3 Å². The van der Waals surface area contributed by atoms with Gasteiger partial charge in [0.1, 0.15) is 0 Å². The summed E-state index contributed by atoms with van der Waals surface area (Å²) in [5.41, 5.74) is 2.18. The van der Waals surface area contributed by atoms with Crippen molar-refractivity contribution >= 4 is 17.8 Å². The summed E-state index contributed by atoms with van der Waals surface area (Å²) < 4.78 is 0. The van der Waals surface area contributed by atoms with Crippen LogP contribution in [0.2, 0.25) is 0 Å². The van der Waals surface area contributed by atoms with E-state index in [4.69, 9.17) is 0 Å². The highest BCUT2D eigenvalue weighted by Gasteiger charge is 2.18. The molecule has 4 nitrogen and oxygen atoms in total. The maximum Gasteiger partial charge on any atom is 0.315 e. The number of amides is 2. The van der Waals surface area contributed by atoms with Crippen molar-refractivity contribution < 1.29 is 9.90 Å². The number of rotatable bonds is 6. The van der Waals surface area contributed by atoms with Crippen LogP contribution in [-0.2, 0) is 6.42 Å². The minimum atomic E-state index is -0.355. The van der Waals surface area contributed by atoms with Gasteiger partial charge >= 0.3 is 6.03 Å². The maximum atomic E-state index is 11.9. The SMILES string of the molecule is CCc1ccc(C(CO)NC(=O)NCC2CCCS2)cc1. The molecule has 1 aromatic rings. The molecule has 0 aliphatic carbocycles. The summed E-state index contributed by atoms with van der Waals surface area (Å²) in [5, 5.41) is 15.8. The lowest BCUT2D eigenvalue weighted by Gasteiger charge is -2.18. The highest BCUT2D eigenvalue weighted by molar-refractivity contribution is 8.00. The molecule has 21 heavy (non-hydrogen) atoms. The Morgan fingerprint density at radius 1 is 1.43 bits per heavy atom. The van der Waals surface area contributed by atoms with Crippen LogP contribution in [0.1, 0.15) is 36.9 Å². The zero-order valence-corrected chi connectivity index (χ0v) is 13.3. The minimum absolute atomic E-state index is 0.100. The summed E-state index contributed by atoms with van der Waals surface area (Å²) in [6.07, 6.45) is 3.39. The number of carbonyl (C=O) groups excluding carboxylic acids is 1. The van der Waals surface area contributed by atoms with Gasteiger partial charge in [0.25, 0.3) is 0 Å². The van der Waals surface area contributed by atoms with Gasteiger partial charge in [0.05, 0.1) is 12.6 Å². The molecular weight excluding hydrogens is 284 g/mol. The lowest BCUT2D eigenvalue weighted by atomic mass is 10.0. The van der Waals surface area contributed by atoms with E-state index in [0.717, 1.165) is 12.0 Å². The molecule has 1 aliphatic rings. The van der Waals surface area contributed by atoms with Gasteiger partial charge in [-0.3, -0.25) is 0 Å². The number of aliphatic hydroxyl groups is 1. The Labute approximate surface area is 130 Å². The van der Waals surface area contributed by atoms with Crippen LogP contribution in [0, 0.1) is 0 Å². The summed E-state index contributed by atoms with van der Waals surface area (Å²) in [6, 6.07) is 7.44. The van der Waals surface area contributed by atoms with Gasteiger partial charge in [0.15, 0.2) is 0 Å². The predicted octanol–water partition coefficient (Wildman–Crippen LogP) is 2.48. The first kappa shape index (κ1) is 16.2. The van der Waals surface area contributed by atoms with E-state index in [0.29, 0.717) is 11.8 Å². The van der Waals surface area contributed by atoms with Gasteiger partial charge in [-0.15, -0.1) is 0 Å². The van der Waals surface area contributed by atoms with Crippen LogP contribution in [0.3, 0.4) is 0 Å². The fraction of sp³-hybridized carbons (Fsp3) is 0.562. The van der Waals surface area contributed by atoms with Gasteiger partial charge in [-0.25, -0.2) is 4.79 Å². The number of hydrogen-bond donors (Lipinski definition) is 3. The molecule has 0 aromatic heterocycles. The quantitative estimate of drug-likeness (QED) is 0.756. The highest BCUT2D eigenvalue weighted by Crippen LogP contribution is 2.25. The zero-order chi connectivity index (χ0) is 15.1. The first-order valence-corrected chi connectivity index (χ1v) is 8.63. The molecule has 1 aromatic carbocycles. The number of nitrogens with one attached hydrogen (secondary N) is 2. The topological polar surface area (TPSA) is 61.4 Å². The molecular formula is C16H24N2O2S. The van der Waals surface area contributed by atoms with Gasteiger partial charge in [-0.2, -0.15) is 11.8 Å². The van der Waals surface area contributed by atoms with Gasteiger partial charge in [0, 0.05) is 11.8 Å². The fourth-order valence-electron chi connectivity index (χ4n) is 2.44. The fourth-order valence-corrected chi connectivity index (χ4v) is 3.64. The molecule has 3 N–H and O–H groups in total. The van der Waals surface area contributed by atoms with Crippen LogP contribution in [0.15, 0.2) is 24.3 Å². The Bertz CT molecular complexity index is 444. The van der Waals surface area contributed by atoms with Gasteiger partial charge in [0.2, 0.25) is 0 Å². The lowest BCUT2D eigenvalue weighted by Crippen LogP contribution is -2.41. The predicted molar refractivity (Wildman–Crippen MR) is 87.7 cm³/mol. The molecule has 2 unspecified atom stereocenters. The van der Waals surface area contributed by atoms with Crippen molar-refractivity contribution in [2.24, 2.45) is 0 Å². The van der Waals surface area contributed by atoms with Crippen LogP contribution in [0.4, 0.5) is 4.79 Å². The third-order valence-electron chi connectivity index (χ3n) is 3.79. The van der Waals surface area contributed by atoms with Crippen molar-refractivity contribution in [2.45, 2.75) is 37.5 Å². The van der Waals surface area contributed by atoms with Crippen LogP contribution < -0.4 is 10.6 Å². The average molecular weight is 308 g/mol. The van der Waals surface area contributed by atoms with E-state index in [-0.39, 0.29) is 18.7 Å².